The number of carbonyl (C=O) groups excluding carboxylic acids is 1. The van der Waals surface area contributed by atoms with Crippen LogP contribution in [0.15, 0.2) is 42.5 Å². The Balaban J connectivity index is 1.97. The molecule has 0 radical (unpaired) electrons. The standard InChI is InChI=1S/C19H22Cl2N2O2/c1-4-25-15-10-8-14(9-11-15)12-23(3)13(2)19(24)22-17-7-5-6-16(20)18(17)21/h5-11,13H,4,12H2,1-3H3,(H,22,24). The van der Waals surface area contributed by atoms with Gasteiger partial charge in [0.1, 0.15) is 5.75 Å². The molecule has 0 bridgehead atoms. The van der Waals surface area contributed by atoms with Crippen molar-refractivity contribution >= 4 is 34.8 Å². The van der Waals surface area contributed by atoms with Crippen LogP contribution in [0.3, 0.4) is 0 Å². The van der Waals surface area contributed by atoms with E-state index in [1.54, 1.807) is 18.2 Å². The highest BCUT2D eigenvalue weighted by molar-refractivity contribution is 6.44. The van der Waals surface area contributed by atoms with Crippen molar-refractivity contribution < 1.29 is 9.53 Å². The normalized spacial score (nSPS) is 12.1. The molecular weight excluding hydrogens is 359 g/mol. The number of anilines is 1. The summed E-state index contributed by atoms with van der Waals surface area (Å²) in [6.45, 7) is 5.09. The number of carbonyl (C=O) groups is 1. The van der Waals surface area contributed by atoms with E-state index in [-0.39, 0.29) is 11.9 Å². The molecule has 0 heterocycles. The monoisotopic (exact) mass is 380 g/mol. The molecule has 2 aromatic rings. The van der Waals surface area contributed by atoms with Gasteiger partial charge in [0.2, 0.25) is 5.91 Å². The van der Waals surface area contributed by atoms with Gasteiger partial charge in [-0.2, -0.15) is 0 Å². The highest BCUT2D eigenvalue weighted by Gasteiger charge is 2.19. The Morgan fingerprint density at radius 3 is 2.52 bits per heavy atom. The van der Waals surface area contributed by atoms with E-state index in [9.17, 15) is 4.79 Å². The summed E-state index contributed by atoms with van der Waals surface area (Å²) >= 11 is 12.1. The summed E-state index contributed by atoms with van der Waals surface area (Å²) in [7, 11) is 1.90. The third-order valence-corrected chi connectivity index (χ3v) is 4.74. The van der Waals surface area contributed by atoms with Crippen molar-refractivity contribution in [1.82, 2.24) is 4.90 Å². The predicted molar refractivity (Wildman–Crippen MR) is 104 cm³/mol. The predicted octanol–water partition coefficient (Wildman–Crippen LogP) is 4.85. The van der Waals surface area contributed by atoms with Gasteiger partial charge in [-0.15, -0.1) is 0 Å². The lowest BCUT2D eigenvalue weighted by Gasteiger charge is -2.24. The molecular formula is C19H22Cl2N2O2. The van der Waals surface area contributed by atoms with Gasteiger partial charge in [-0.3, -0.25) is 9.69 Å². The average Bonchev–Trinajstić information content (AvgIpc) is 2.60. The molecule has 2 aromatic carbocycles. The number of nitrogens with zero attached hydrogens (tertiary/aromatic N) is 1. The molecule has 1 unspecified atom stereocenters. The van der Waals surface area contributed by atoms with E-state index in [0.29, 0.717) is 28.9 Å². The SMILES string of the molecule is CCOc1ccc(CN(C)C(C)C(=O)Nc2cccc(Cl)c2Cl)cc1. The van der Waals surface area contributed by atoms with Crippen LogP contribution >= 0.6 is 23.2 Å². The Bertz CT molecular complexity index is 720. The van der Waals surface area contributed by atoms with Crippen LogP contribution in [0.1, 0.15) is 19.4 Å². The molecule has 1 atom stereocenters. The minimum absolute atomic E-state index is 0.141. The molecule has 0 aliphatic heterocycles. The van der Waals surface area contributed by atoms with Crippen LogP contribution < -0.4 is 10.1 Å². The number of amides is 1. The second kappa shape index (κ2) is 9.09. The van der Waals surface area contributed by atoms with E-state index < -0.39 is 0 Å². The maximum atomic E-state index is 12.5. The molecule has 0 spiro atoms. The number of nitrogens with one attached hydrogen (secondary N) is 1. The largest absolute Gasteiger partial charge is 0.494 e. The molecule has 0 fully saturated rings. The van der Waals surface area contributed by atoms with Gasteiger partial charge < -0.3 is 10.1 Å². The van der Waals surface area contributed by atoms with Crippen molar-refractivity contribution in [2.24, 2.45) is 0 Å². The van der Waals surface area contributed by atoms with Crippen LogP contribution in [0.2, 0.25) is 10.0 Å². The molecule has 1 amide bonds. The zero-order chi connectivity index (χ0) is 18.4. The fraction of sp³-hybridized carbons (Fsp3) is 0.316. The Hall–Kier alpha value is -1.75. The van der Waals surface area contributed by atoms with Gasteiger partial charge >= 0.3 is 0 Å². The summed E-state index contributed by atoms with van der Waals surface area (Å²) in [4.78, 5) is 14.4. The molecule has 134 valence electrons. The van der Waals surface area contributed by atoms with Crippen molar-refractivity contribution in [3.8, 4) is 5.75 Å². The number of halogens is 2. The maximum Gasteiger partial charge on any atom is 0.241 e. The Morgan fingerprint density at radius 1 is 1.20 bits per heavy atom. The van der Waals surface area contributed by atoms with Crippen LogP contribution in [0.5, 0.6) is 5.75 Å². The Labute approximate surface area is 158 Å². The van der Waals surface area contributed by atoms with E-state index >= 15 is 0 Å². The zero-order valence-corrected chi connectivity index (χ0v) is 16.1. The Kier molecular flexibility index (Phi) is 7.12. The van der Waals surface area contributed by atoms with Crippen LogP contribution in [0.25, 0.3) is 0 Å². The number of benzene rings is 2. The van der Waals surface area contributed by atoms with Gasteiger partial charge in [-0.05, 0) is 50.7 Å². The summed E-state index contributed by atoms with van der Waals surface area (Å²) in [5.74, 6) is 0.702. The first-order valence-corrected chi connectivity index (χ1v) is 8.84. The topological polar surface area (TPSA) is 41.6 Å². The number of ether oxygens (including phenoxy) is 1. The molecule has 25 heavy (non-hydrogen) atoms. The van der Waals surface area contributed by atoms with Gasteiger partial charge in [0.25, 0.3) is 0 Å². The van der Waals surface area contributed by atoms with E-state index in [0.717, 1.165) is 11.3 Å². The quantitative estimate of drug-likeness (QED) is 0.746. The first-order chi connectivity index (χ1) is 11.9. The first kappa shape index (κ1) is 19.6. The molecule has 4 nitrogen and oxygen atoms in total. The van der Waals surface area contributed by atoms with Crippen LogP contribution in [0.4, 0.5) is 5.69 Å². The third kappa shape index (κ3) is 5.36. The van der Waals surface area contributed by atoms with Crippen LogP contribution in [0, 0.1) is 0 Å². The molecule has 6 heteroatoms. The molecule has 0 saturated carbocycles. The molecule has 0 aliphatic carbocycles. The zero-order valence-electron chi connectivity index (χ0n) is 14.6. The van der Waals surface area contributed by atoms with Gasteiger partial charge in [-0.25, -0.2) is 0 Å². The van der Waals surface area contributed by atoms with Crippen molar-refractivity contribution in [3.63, 3.8) is 0 Å². The summed E-state index contributed by atoms with van der Waals surface area (Å²) in [5, 5.41) is 3.58. The van der Waals surface area contributed by atoms with Crippen LogP contribution in [-0.4, -0.2) is 30.5 Å². The average molecular weight is 381 g/mol. The lowest BCUT2D eigenvalue weighted by molar-refractivity contribution is -0.120. The van der Waals surface area contributed by atoms with Gasteiger partial charge in [0.05, 0.1) is 28.4 Å². The maximum absolute atomic E-state index is 12.5. The molecule has 1 N–H and O–H groups in total. The minimum atomic E-state index is -0.332. The van der Waals surface area contributed by atoms with Gasteiger partial charge in [-0.1, -0.05) is 41.4 Å². The number of likely N-dealkylation sites (N-methyl/N-ethyl adjacent to an activating group) is 1. The lowest BCUT2D eigenvalue weighted by Crippen LogP contribution is -2.39. The molecule has 0 aromatic heterocycles. The van der Waals surface area contributed by atoms with Gasteiger partial charge in [0.15, 0.2) is 0 Å². The van der Waals surface area contributed by atoms with Gasteiger partial charge in [0, 0.05) is 6.54 Å². The van der Waals surface area contributed by atoms with Crippen molar-refractivity contribution in [2.75, 3.05) is 19.0 Å². The number of hydrogen-bond donors (Lipinski definition) is 1. The second-order valence-corrected chi connectivity index (χ2v) is 6.54. The second-order valence-electron chi connectivity index (χ2n) is 5.76. The smallest absolute Gasteiger partial charge is 0.241 e. The third-order valence-electron chi connectivity index (χ3n) is 3.92. The number of rotatable bonds is 7. The van der Waals surface area contributed by atoms with Crippen LogP contribution in [-0.2, 0) is 11.3 Å². The van der Waals surface area contributed by atoms with E-state index in [1.807, 2.05) is 50.1 Å². The Morgan fingerprint density at radius 2 is 1.88 bits per heavy atom. The van der Waals surface area contributed by atoms with Crippen molar-refractivity contribution in [3.05, 3.63) is 58.1 Å². The fourth-order valence-corrected chi connectivity index (χ4v) is 2.67. The van der Waals surface area contributed by atoms with Crippen molar-refractivity contribution in [2.45, 2.75) is 26.4 Å². The molecule has 0 saturated heterocycles. The fourth-order valence-electron chi connectivity index (χ4n) is 2.32. The molecule has 2 rings (SSSR count). The van der Waals surface area contributed by atoms with Crippen molar-refractivity contribution in [1.29, 1.82) is 0 Å². The first-order valence-electron chi connectivity index (χ1n) is 8.09. The van der Waals surface area contributed by atoms with E-state index in [4.69, 9.17) is 27.9 Å². The van der Waals surface area contributed by atoms with E-state index in [1.165, 1.54) is 0 Å². The summed E-state index contributed by atoms with van der Waals surface area (Å²) in [5.41, 5.74) is 1.62. The summed E-state index contributed by atoms with van der Waals surface area (Å²) in [6, 6.07) is 12.7. The minimum Gasteiger partial charge on any atom is -0.494 e. The summed E-state index contributed by atoms with van der Waals surface area (Å²) < 4.78 is 5.44. The highest BCUT2D eigenvalue weighted by atomic mass is 35.5. The number of hydrogen-bond acceptors (Lipinski definition) is 3. The molecule has 0 aliphatic rings. The van der Waals surface area contributed by atoms with E-state index in [2.05, 4.69) is 5.32 Å². The lowest BCUT2D eigenvalue weighted by atomic mass is 10.1. The highest BCUT2D eigenvalue weighted by Crippen LogP contribution is 2.29. The summed E-state index contributed by atoms with van der Waals surface area (Å²) in [6.07, 6.45) is 0.